The highest BCUT2D eigenvalue weighted by Gasteiger charge is 2.20. The fourth-order valence-electron chi connectivity index (χ4n) is 1.19. The average Bonchev–Trinajstić information content (AvgIpc) is 2.18. The summed E-state index contributed by atoms with van der Waals surface area (Å²) >= 11 is 0. The highest BCUT2D eigenvalue weighted by molar-refractivity contribution is 5.31. The molecule has 0 spiro atoms. The van der Waals surface area contributed by atoms with E-state index in [4.69, 9.17) is 11.0 Å². The summed E-state index contributed by atoms with van der Waals surface area (Å²) in [6.45, 7) is -0.231. The molecule has 0 aromatic carbocycles. The Balaban J connectivity index is 3.27. The van der Waals surface area contributed by atoms with Crippen LogP contribution in [-0.4, -0.2) is 4.98 Å². The van der Waals surface area contributed by atoms with E-state index in [-0.39, 0.29) is 24.1 Å². The Morgan fingerprint density at radius 2 is 2.20 bits per heavy atom. The summed E-state index contributed by atoms with van der Waals surface area (Å²) in [5, 5.41) is 8.42. The van der Waals surface area contributed by atoms with Crippen molar-refractivity contribution >= 4 is 0 Å². The van der Waals surface area contributed by atoms with Gasteiger partial charge in [-0.05, 0) is 5.56 Å². The van der Waals surface area contributed by atoms with Gasteiger partial charge in [-0.3, -0.25) is 4.98 Å². The van der Waals surface area contributed by atoms with E-state index >= 15 is 0 Å². The number of nitrogens with two attached hydrogens (primary N) is 1. The predicted octanol–water partition coefficient (Wildman–Crippen LogP) is 1.68. The fourth-order valence-corrected chi connectivity index (χ4v) is 1.19. The fraction of sp³-hybridized carbons (Fsp3) is 0.333. The van der Waals surface area contributed by atoms with Crippen LogP contribution in [0.15, 0.2) is 6.20 Å². The van der Waals surface area contributed by atoms with Gasteiger partial charge in [-0.15, -0.1) is 0 Å². The van der Waals surface area contributed by atoms with E-state index in [1.165, 1.54) is 0 Å². The summed E-state index contributed by atoms with van der Waals surface area (Å²) in [5.41, 5.74) is 4.49. The van der Waals surface area contributed by atoms with Crippen molar-refractivity contribution in [3.63, 3.8) is 0 Å². The molecule has 1 aromatic heterocycles. The van der Waals surface area contributed by atoms with Crippen LogP contribution in [0, 0.1) is 17.1 Å². The number of hydrogen-bond acceptors (Lipinski definition) is 3. The Kier molecular flexibility index (Phi) is 3.63. The van der Waals surface area contributed by atoms with Crippen molar-refractivity contribution in [3.05, 3.63) is 28.8 Å². The standard InChI is InChI=1S/C9H8F3N3/c10-7-6(3-14)5(1-2-13)4-15-8(7)9(11)12/h4,9H,1,3,14H2. The summed E-state index contributed by atoms with van der Waals surface area (Å²) in [7, 11) is 0. The molecule has 0 atom stereocenters. The van der Waals surface area contributed by atoms with E-state index in [0.717, 1.165) is 6.20 Å². The monoisotopic (exact) mass is 215 g/mol. The van der Waals surface area contributed by atoms with Gasteiger partial charge in [0.1, 0.15) is 5.69 Å². The highest BCUT2D eigenvalue weighted by atomic mass is 19.3. The number of rotatable bonds is 3. The first kappa shape index (κ1) is 11.5. The number of hydrogen-bond donors (Lipinski definition) is 1. The molecule has 1 heterocycles. The molecule has 0 amide bonds. The number of pyridine rings is 1. The minimum absolute atomic E-state index is 0.0677. The van der Waals surface area contributed by atoms with Gasteiger partial charge in [0.2, 0.25) is 0 Å². The van der Waals surface area contributed by atoms with Crippen LogP contribution in [-0.2, 0) is 13.0 Å². The predicted molar refractivity (Wildman–Crippen MR) is 46.4 cm³/mol. The molecule has 15 heavy (non-hydrogen) atoms. The van der Waals surface area contributed by atoms with Crippen molar-refractivity contribution in [1.29, 1.82) is 5.26 Å². The summed E-state index contributed by atoms with van der Waals surface area (Å²) < 4.78 is 37.9. The molecule has 0 aliphatic heterocycles. The number of nitrogens with zero attached hydrogens (tertiary/aromatic N) is 2. The molecule has 2 N–H and O–H groups in total. The van der Waals surface area contributed by atoms with Gasteiger partial charge in [-0.2, -0.15) is 5.26 Å². The topological polar surface area (TPSA) is 62.7 Å². The molecule has 0 unspecified atom stereocenters. The van der Waals surface area contributed by atoms with Crippen molar-refractivity contribution in [3.8, 4) is 6.07 Å². The first-order valence-corrected chi connectivity index (χ1v) is 4.13. The van der Waals surface area contributed by atoms with Gasteiger partial charge in [0.15, 0.2) is 5.82 Å². The van der Waals surface area contributed by atoms with E-state index in [1.54, 1.807) is 6.07 Å². The van der Waals surface area contributed by atoms with Gasteiger partial charge in [-0.1, -0.05) is 0 Å². The second kappa shape index (κ2) is 4.75. The molecule has 0 bridgehead atoms. The van der Waals surface area contributed by atoms with Crippen molar-refractivity contribution in [1.82, 2.24) is 4.98 Å². The summed E-state index contributed by atoms with van der Waals surface area (Å²) in [6.07, 6.45) is -2.01. The molecule has 0 aliphatic rings. The highest BCUT2D eigenvalue weighted by Crippen LogP contribution is 2.23. The zero-order chi connectivity index (χ0) is 11.4. The number of nitriles is 1. The molecule has 80 valence electrons. The lowest BCUT2D eigenvalue weighted by Crippen LogP contribution is -2.09. The average molecular weight is 215 g/mol. The Labute approximate surface area is 84.3 Å². The second-order valence-corrected chi connectivity index (χ2v) is 2.80. The SMILES string of the molecule is N#CCc1cnc(C(F)F)c(F)c1CN. The second-order valence-electron chi connectivity index (χ2n) is 2.80. The Morgan fingerprint density at radius 1 is 1.53 bits per heavy atom. The molecule has 6 heteroatoms. The smallest absolute Gasteiger partial charge is 0.283 e. The van der Waals surface area contributed by atoms with Crippen LogP contribution in [0.2, 0.25) is 0 Å². The van der Waals surface area contributed by atoms with Crippen LogP contribution in [0.1, 0.15) is 23.2 Å². The summed E-state index contributed by atoms with van der Waals surface area (Å²) in [6, 6.07) is 1.78. The van der Waals surface area contributed by atoms with Crippen LogP contribution >= 0.6 is 0 Å². The Morgan fingerprint density at radius 3 is 2.67 bits per heavy atom. The maximum Gasteiger partial charge on any atom is 0.283 e. The minimum atomic E-state index is -2.98. The minimum Gasteiger partial charge on any atom is -0.326 e. The molecular formula is C9H8F3N3. The van der Waals surface area contributed by atoms with Crippen LogP contribution in [0.4, 0.5) is 13.2 Å². The third-order valence-electron chi connectivity index (χ3n) is 1.92. The lowest BCUT2D eigenvalue weighted by Gasteiger charge is -2.08. The lowest BCUT2D eigenvalue weighted by atomic mass is 10.1. The Bertz CT molecular complexity index is 398. The van der Waals surface area contributed by atoms with Crippen LogP contribution in [0.25, 0.3) is 0 Å². The largest absolute Gasteiger partial charge is 0.326 e. The lowest BCUT2D eigenvalue weighted by molar-refractivity contribution is 0.140. The maximum absolute atomic E-state index is 13.4. The first-order valence-electron chi connectivity index (χ1n) is 4.13. The van der Waals surface area contributed by atoms with Crippen molar-refractivity contribution in [2.45, 2.75) is 19.4 Å². The molecular weight excluding hydrogens is 207 g/mol. The van der Waals surface area contributed by atoms with Crippen LogP contribution in [0.5, 0.6) is 0 Å². The van der Waals surface area contributed by atoms with Gasteiger partial charge in [0, 0.05) is 18.3 Å². The van der Waals surface area contributed by atoms with E-state index < -0.39 is 17.9 Å². The van der Waals surface area contributed by atoms with Gasteiger partial charge >= 0.3 is 0 Å². The van der Waals surface area contributed by atoms with Gasteiger partial charge in [0.05, 0.1) is 12.5 Å². The molecule has 0 radical (unpaired) electrons. The number of alkyl halides is 2. The van der Waals surface area contributed by atoms with E-state index in [9.17, 15) is 13.2 Å². The molecule has 0 saturated heterocycles. The first-order chi connectivity index (χ1) is 7.11. The zero-order valence-electron chi connectivity index (χ0n) is 7.67. The quantitative estimate of drug-likeness (QED) is 0.834. The summed E-state index contributed by atoms with van der Waals surface area (Å²) in [4.78, 5) is 3.27. The molecule has 0 saturated carbocycles. The molecule has 0 aliphatic carbocycles. The van der Waals surface area contributed by atoms with Crippen LogP contribution in [0.3, 0.4) is 0 Å². The molecule has 0 fully saturated rings. The van der Waals surface area contributed by atoms with Crippen LogP contribution < -0.4 is 5.73 Å². The third-order valence-corrected chi connectivity index (χ3v) is 1.92. The van der Waals surface area contributed by atoms with Gasteiger partial charge in [0.25, 0.3) is 6.43 Å². The molecule has 1 rings (SSSR count). The summed E-state index contributed by atoms with van der Waals surface area (Å²) in [5.74, 6) is -1.11. The zero-order valence-corrected chi connectivity index (χ0v) is 7.67. The van der Waals surface area contributed by atoms with Crippen molar-refractivity contribution in [2.24, 2.45) is 5.73 Å². The third kappa shape index (κ3) is 2.25. The maximum atomic E-state index is 13.4. The normalized spacial score (nSPS) is 10.4. The van der Waals surface area contributed by atoms with Gasteiger partial charge < -0.3 is 5.73 Å². The van der Waals surface area contributed by atoms with E-state index in [0.29, 0.717) is 0 Å². The Hall–Kier alpha value is -1.61. The molecule has 1 aromatic rings. The van der Waals surface area contributed by atoms with Crippen molar-refractivity contribution in [2.75, 3.05) is 0 Å². The van der Waals surface area contributed by atoms with Crippen molar-refractivity contribution < 1.29 is 13.2 Å². The van der Waals surface area contributed by atoms with E-state index in [2.05, 4.69) is 4.98 Å². The number of aromatic nitrogens is 1. The molecule has 3 nitrogen and oxygen atoms in total. The van der Waals surface area contributed by atoms with Gasteiger partial charge in [-0.25, -0.2) is 13.2 Å². The number of halogens is 3. The van der Waals surface area contributed by atoms with E-state index in [1.807, 2.05) is 0 Å².